The number of rotatable bonds is 1. The van der Waals surface area contributed by atoms with Gasteiger partial charge < -0.3 is 0 Å². The average Bonchev–Trinajstić information content (AvgIpc) is 1.78. The van der Waals surface area contributed by atoms with E-state index in [-0.39, 0.29) is 20.2 Å². The van der Waals surface area contributed by atoms with Crippen molar-refractivity contribution in [2.75, 3.05) is 6.26 Å². The highest BCUT2D eigenvalue weighted by Gasteiger charge is 2.18. The summed E-state index contributed by atoms with van der Waals surface area (Å²) in [6.07, 6.45) is 0.996. The van der Waals surface area contributed by atoms with Gasteiger partial charge in [-0.3, -0.25) is 0 Å². The third kappa shape index (κ3) is 2.47. The standard InChI is InChI=1S/C6H4Cl3NO2S/c1-13(11,12)5-3(7)2-4(8)10-6(5)9/h2H,1H3. The van der Waals surface area contributed by atoms with Crippen LogP contribution in [0.3, 0.4) is 0 Å². The summed E-state index contributed by atoms with van der Waals surface area (Å²) in [6, 6.07) is 1.23. The maximum absolute atomic E-state index is 11.1. The van der Waals surface area contributed by atoms with E-state index in [1.807, 2.05) is 0 Å². The Kier molecular flexibility index (Phi) is 3.07. The second-order valence-electron chi connectivity index (χ2n) is 2.32. The van der Waals surface area contributed by atoms with Crippen LogP contribution >= 0.6 is 34.8 Å². The number of hydrogen-bond donors (Lipinski definition) is 0. The number of aromatic nitrogens is 1. The molecule has 0 aliphatic rings. The van der Waals surface area contributed by atoms with E-state index in [1.54, 1.807) is 0 Å². The first-order chi connectivity index (χ1) is 5.82. The van der Waals surface area contributed by atoms with Crippen molar-refractivity contribution in [1.82, 2.24) is 4.98 Å². The van der Waals surface area contributed by atoms with Crippen LogP contribution in [-0.2, 0) is 9.84 Å². The Balaban J connectivity index is 3.57. The predicted molar refractivity (Wildman–Crippen MR) is 52.4 cm³/mol. The SMILES string of the molecule is CS(=O)(=O)c1c(Cl)cc(Cl)nc1Cl. The van der Waals surface area contributed by atoms with E-state index in [0.717, 1.165) is 6.26 Å². The Morgan fingerprint density at radius 2 is 1.85 bits per heavy atom. The fourth-order valence-corrected chi connectivity index (χ4v) is 3.11. The largest absolute Gasteiger partial charge is 0.224 e. The molecule has 0 radical (unpaired) electrons. The lowest BCUT2D eigenvalue weighted by Gasteiger charge is -2.03. The molecule has 0 aliphatic heterocycles. The van der Waals surface area contributed by atoms with Crippen molar-refractivity contribution in [2.24, 2.45) is 0 Å². The molecule has 0 spiro atoms. The third-order valence-electron chi connectivity index (χ3n) is 1.23. The molecular weight excluding hydrogens is 256 g/mol. The number of hydrogen-bond acceptors (Lipinski definition) is 3. The molecule has 1 aromatic rings. The number of pyridine rings is 1. The van der Waals surface area contributed by atoms with Crippen LogP contribution in [0.4, 0.5) is 0 Å². The minimum absolute atomic E-state index is 0.0208. The summed E-state index contributed by atoms with van der Waals surface area (Å²) >= 11 is 16.7. The van der Waals surface area contributed by atoms with Gasteiger partial charge in [-0.15, -0.1) is 0 Å². The van der Waals surface area contributed by atoms with Gasteiger partial charge in [0.05, 0.1) is 5.02 Å². The molecule has 0 N–H and O–H groups in total. The molecule has 0 bridgehead atoms. The Morgan fingerprint density at radius 1 is 1.31 bits per heavy atom. The molecular formula is C6H4Cl3NO2S. The van der Waals surface area contributed by atoms with Crippen molar-refractivity contribution < 1.29 is 8.42 Å². The zero-order chi connectivity index (χ0) is 10.2. The molecule has 0 amide bonds. The van der Waals surface area contributed by atoms with Crippen molar-refractivity contribution in [3.05, 3.63) is 21.4 Å². The Hall–Kier alpha value is -0.0300. The van der Waals surface area contributed by atoms with Crippen molar-refractivity contribution in [3.63, 3.8) is 0 Å². The fourth-order valence-electron chi connectivity index (χ4n) is 0.776. The lowest BCUT2D eigenvalue weighted by Crippen LogP contribution is -2.00. The van der Waals surface area contributed by atoms with Gasteiger partial charge in [0, 0.05) is 6.26 Å². The van der Waals surface area contributed by atoms with E-state index in [1.165, 1.54) is 6.07 Å². The van der Waals surface area contributed by atoms with Crippen LogP contribution < -0.4 is 0 Å². The van der Waals surface area contributed by atoms with E-state index in [4.69, 9.17) is 34.8 Å². The first-order valence-electron chi connectivity index (χ1n) is 3.04. The van der Waals surface area contributed by atoms with E-state index >= 15 is 0 Å². The number of halogens is 3. The van der Waals surface area contributed by atoms with E-state index in [2.05, 4.69) is 4.98 Å². The number of sulfone groups is 1. The molecule has 3 nitrogen and oxygen atoms in total. The minimum atomic E-state index is -3.47. The van der Waals surface area contributed by atoms with Crippen molar-refractivity contribution >= 4 is 44.6 Å². The minimum Gasteiger partial charge on any atom is -0.224 e. The summed E-state index contributed by atoms with van der Waals surface area (Å²) in [4.78, 5) is 3.37. The van der Waals surface area contributed by atoms with Gasteiger partial charge in [0.15, 0.2) is 15.0 Å². The highest BCUT2D eigenvalue weighted by molar-refractivity contribution is 7.91. The summed E-state index contributed by atoms with van der Waals surface area (Å²) in [5, 5.41) is -0.171. The summed E-state index contributed by atoms with van der Waals surface area (Å²) in [5.41, 5.74) is 0. The Labute approximate surface area is 90.6 Å². The molecule has 72 valence electrons. The fraction of sp³-hybridized carbons (Fsp3) is 0.167. The topological polar surface area (TPSA) is 47.0 Å². The zero-order valence-corrected chi connectivity index (χ0v) is 9.47. The average molecular weight is 261 g/mol. The van der Waals surface area contributed by atoms with Crippen molar-refractivity contribution in [3.8, 4) is 0 Å². The van der Waals surface area contributed by atoms with Gasteiger partial charge in [0.1, 0.15) is 10.0 Å². The van der Waals surface area contributed by atoms with Gasteiger partial charge in [-0.1, -0.05) is 34.8 Å². The van der Waals surface area contributed by atoms with Crippen molar-refractivity contribution in [2.45, 2.75) is 4.90 Å². The first-order valence-corrected chi connectivity index (χ1v) is 6.06. The second-order valence-corrected chi connectivity index (χ2v) is 5.42. The Bertz CT molecular complexity index is 420. The highest BCUT2D eigenvalue weighted by Crippen LogP contribution is 2.29. The molecule has 1 rings (SSSR count). The van der Waals surface area contributed by atoms with Gasteiger partial charge >= 0.3 is 0 Å². The van der Waals surface area contributed by atoms with E-state index in [9.17, 15) is 8.42 Å². The van der Waals surface area contributed by atoms with Crippen LogP contribution in [0.25, 0.3) is 0 Å². The van der Waals surface area contributed by atoms with Crippen LogP contribution in [0.5, 0.6) is 0 Å². The molecule has 0 atom stereocenters. The molecule has 0 aromatic carbocycles. The molecule has 0 aliphatic carbocycles. The maximum atomic E-state index is 11.1. The molecule has 1 aromatic heterocycles. The smallest absolute Gasteiger partial charge is 0.180 e. The van der Waals surface area contributed by atoms with E-state index < -0.39 is 9.84 Å². The molecule has 0 saturated carbocycles. The van der Waals surface area contributed by atoms with Gasteiger partial charge in [-0.05, 0) is 6.07 Å². The summed E-state index contributed by atoms with van der Waals surface area (Å²) < 4.78 is 22.3. The quantitative estimate of drug-likeness (QED) is 0.729. The lowest BCUT2D eigenvalue weighted by atomic mass is 10.5. The van der Waals surface area contributed by atoms with Gasteiger partial charge in [0.2, 0.25) is 0 Å². The third-order valence-corrected chi connectivity index (χ3v) is 3.37. The van der Waals surface area contributed by atoms with E-state index in [0.29, 0.717) is 0 Å². The summed E-state index contributed by atoms with van der Waals surface area (Å²) in [6.45, 7) is 0. The van der Waals surface area contributed by atoms with Gasteiger partial charge in [-0.2, -0.15) is 0 Å². The van der Waals surface area contributed by atoms with Crippen LogP contribution in [0, 0.1) is 0 Å². The van der Waals surface area contributed by atoms with Crippen LogP contribution in [0.1, 0.15) is 0 Å². The monoisotopic (exact) mass is 259 g/mol. The highest BCUT2D eigenvalue weighted by atomic mass is 35.5. The van der Waals surface area contributed by atoms with Crippen LogP contribution in [0.2, 0.25) is 15.3 Å². The zero-order valence-electron chi connectivity index (χ0n) is 6.38. The molecule has 7 heteroatoms. The summed E-state index contributed by atoms with van der Waals surface area (Å²) in [7, 11) is -3.47. The Morgan fingerprint density at radius 3 is 2.23 bits per heavy atom. The number of nitrogens with zero attached hydrogens (tertiary/aromatic N) is 1. The normalized spacial score (nSPS) is 11.7. The molecule has 13 heavy (non-hydrogen) atoms. The predicted octanol–water partition coefficient (Wildman–Crippen LogP) is 2.45. The molecule has 1 heterocycles. The molecule has 0 saturated heterocycles. The van der Waals surface area contributed by atoms with Gasteiger partial charge in [0.25, 0.3) is 0 Å². The van der Waals surface area contributed by atoms with Crippen LogP contribution in [-0.4, -0.2) is 19.7 Å². The van der Waals surface area contributed by atoms with Crippen LogP contribution in [0.15, 0.2) is 11.0 Å². The second kappa shape index (κ2) is 3.61. The van der Waals surface area contributed by atoms with Crippen molar-refractivity contribution in [1.29, 1.82) is 0 Å². The molecule has 0 fully saturated rings. The molecule has 0 unspecified atom stereocenters. The van der Waals surface area contributed by atoms with Gasteiger partial charge in [-0.25, -0.2) is 13.4 Å². The summed E-state index contributed by atoms with van der Waals surface area (Å²) in [5.74, 6) is 0. The first kappa shape index (κ1) is 11.0. The maximum Gasteiger partial charge on any atom is 0.180 e. The lowest BCUT2D eigenvalue weighted by molar-refractivity contribution is 0.601.